The number of aliphatic hydroxyl groups is 1. The molecule has 44 heavy (non-hydrogen) atoms. The van der Waals surface area contributed by atoms with Crippen molar-refractivity contribution in [1.29, 1.82) is 5.26 Å². The first-order valence-electron chi connectivity index (χ1n) is 15.2. The van der Waals surface area contributed by atoms with Gasteiger partial charge in [0.2, 0.25) is 0 Å². The van der Waals surface area contributed by atoms with Gasteiger partial charge in [0.25, 0.3) is 0 Å². The third-order valence-corrected chi connectivity index (χ3v) is 8.87. The van der Waals surface area contributed by atoms with E-state index in [2.05, 4.69) is 20.9 Å². The highest BCUT2D eigenvalue weighted by atomic mass is 16.5. The third-order valence-electron chi connectivity index (χ3n) is 8.87. The number of hydrogen-bond acceptors (Lipinski definition) is 10. The van der Waals surface area contributed by atoms with E-state index in [-0.39, 0.29) is 6.10 Å². The number of nitrogens with zero attached hydrogens (tertiary/aromatic N) is 4. The Kier molecular flexibility index (Phi) is 8.21. The van der Waals surface area contributed by atoms with Gasteiger partial charge in [-0.3, -0.25) is 14.8 Å². The molecular formula is C34H36N4O6. The number of nitriles is 1. The summed E-state index contributed by atoms with van der Waals surface area (Å²) < 4.78 is 29.2. The number of rotatable bonds is 8. The van der Waals surface area contributed by atoms with Gasteiger partial charge in [-0.25, -0.2) is 0 Å². The van der Waals surface area contributed by atoms with Crippen LogP contribution >= 0.6 is 0 Å². The summed E-state index contributed by atoms with van der Waals surface area (Å²) in [5.74, 6) is 1.79. The highest BCUT2D eigenvalue weighted by Gasteiger charge is 2.36. The molecule has 10 nitrogen and oxygen atoms in total. The molecule has 7 rings (SSSR count). The number of hydrogen-bond donors (Lipinski definition) is 1. The maximum absolute atomic E-state index is 11.1. The second-order valence-electron chi connectivity index (χ2n) is 11.5. The summed E-state index contributed by atoms with van der Waals surface area (Å²) in [6.45, 7) is 6.41. The number of likely N-dealkylation sites (tertiary alicyclic amines) is 1. The van der Waals surface area contributed by atoms with Crippen molar-refractivity contribution in [2.24, 2.45) is 0 Å². The smallest absolute Gasteiger partial charge is 0.161 e. The number of aliphatic hydroxyl groups excluding tert-OH is 1. The Morgan fingerprint density at radius 1 is 0.955 bits per heavy atom. The minimum absolute atomic E-state index is 0.0439. The number of ether oxygens (including phenoxy) is 4. The van der Waals surface area contributed by atoms with Crippen molar-refractivity contribution in [3.63, 3.8) is 0 Å². The molecule has 2 aromatic carbocycles. The number of fused-ring (bicyclic) bond motifs is 1. The maximum atomic E-state index is 11.1. The molecule has 5 heterocycles. The molecule has 1 N–H and O–H groups in total. The van der Waals surface area contributed by atoms with Gasteiger partial charge in [-0.1, -0.05) is 12.1 Å². The van der Waals surface area contributed by atoms with Crippen LogP contribution in [0.5, 0.6) is 11.5 Å². The normalized spacial score (nSPS) is 19.4. The van der Waals surface area contributed by atoms with E-state index in [1.165, 1.54) is 0 Å². The predicted molar refractivity (Wildman–Crippen MR) is 163 cm³/mol. The average molecular weight is 597 g/mol. The fourth-order valence-corrected chi connectivity index (χ4v) is 6.30. The first-order valence-corrected chi connectivity index (χ1v) is 15.2. The minimum atomic E-state index is -0.716. The van der Waals surface area contributed by atoms with Crippen LogP contribution < -0.4 is 9.47 Å². The summed E-state index contributed by atoms with van der Waals surface area (Å²) in [7, 11) is 1.62. The van der Waals surface area contributed by atoms with Crippen LogP contribution in [0.25, 0.3) is 33.6 Å². The van der Waals surface area contributed by atoms with Gasteiger partial charge in [0.05, 0.1) is 44.7 Å². The third kappa shape index (κ3) is 5.65. The molecule has 10 heteroatoms. The number of morpholine rings is 1. The van der Waals surface area contributed by atoms with Crippen LogP contribution in [0, 0.1) is 11.3 Å². The molecule has 0 saturated carbocycles. The summed E-state index contributed by atoms with van der Waals surface area (Å²) in [4.78, 5) is 9.06. The van der Waals surface area contributed by atoms with E-state index in [1.54, 1.807) is 13.3 Å². The number of furan rings is 1. The quantitative estimate of drug-likeness (QED) is 0.309. The van der Waals surface area contributed by atoms with Crippen LogP contribution in [0.4, 0.5) is 0 Å². The Morgan fingerprint density at radius 3 is 2.52 bits per heavy atom. The Balaban J connectivity index is 1.12. The van der Waals surface area contributed by atoms with E-state index in [0.717, 1.165) is 74.5 Å². The SMILES string of the molecule is COc1cc(C(O)N2CC(N3CCOCC3)C2)ccc1-c1cc2nccc(-c3ccc(OC4CCOCC4)c(C#N)c3)c2o1. The van der Waals surface area contributed by atoms with Gasteiger partial charge in [-0.15, -0.1) is 0 Å². The van der Waals surface area contributed by atoms with Gasteiger partial charge < -0.3 is 28.5 Å². The summed E-state index contributed by atoms with van der Waals surface area (Å²) in [6, 6.07) is 17.9. The fourth-order valence-electron chi connectivity index (χ4n) is 6.30. The standard InChI is InChI=1S/C34H36N4O6/c1-40-31-17-23(34(39)38-20-25(21-38)37-10-14-42-15-11-37)2-4-28(31)32-18-29-33(44-32)27(6-9-36-29)22-3-5-30(24(16-22)19-35)43-26-7-12-41-13-8-26/h2-6,9,16-18,25-26,34,39H,7-8,10-15,20-21H2,1H3. The topological polar surface area (TPSA) is 113 Å². The van der Waals surface area contributed by atoms with E-state index in [1.807, 2.05) is 48.5 Å². The van der Waals surface area contributed by atoms with Crippen LogP contribution in [-0.4, -0.2) is 91.8 Å². The number of methoxy groups -OCH3 is 1. The zero-order valence-electron chi connectivity index (χ0n) is 24.8. The average Bonchev–Trinajstić information content (AvgIpc) is 3.49. The van der Waals surface area contributed by atoms with Crippen LogP contribution in [0.2, 0.25) is 0 Å². The predicted octanol–water partition coefficient (Wildman–Crippen LogP) is 4.61. The number of pyridine rings is 1. The van der Waals surface area contributed by atoms with Crippen molar-refractivity contribution in [2.45, 2.75) is 31.2 Å². The van der Waals surface area contributed by atoms with Crippen LogP contribution in [0.1, 0.15) is 30.2 Å². The molecule has 3 aliphatic heterocycles. The minimum Gasteiger partial charge on any atom is -0.496 e. The molecule has 0 spiro atoms. The molecule has 4 aromatic rings. The molecule has 1 atom stereocenters. The van der Waals surface area contributed by atoms with E-state index in [4.69, 9.17) is 23.4 Å². The number of benzene rings is 2. The zero-order valence-corrected chi connectivity index (χ0v) is 24.8. The second-order valence-corrected chi connectivity index (χ2v) is 11.5. The molecule has 0 radical (unpaired) electrons. The molecule has 3 aliphatic rings. The number of aromatic nitrogens is 1. The zero-order chi connectivity index (χ0) is 30.0. The molecule has 3 fully saturated rings. The summed E-state index contributed by atoms with van der Waals surface area (Å²) in [6.07, 6.45) is 2.69. The Morgan fingerprint density at radius 2 is 1.75 bits per heavy atom. The van der Waals surface area contributed by atoms with Crippen molar-refractivity contribution in [2.75, 3.05) is 59.7 Å². The van der Waals surface area contributed by atoms with Crippen LogP contribution in [0.15, 0.2) is 59.1 Å². The van der Waals surface area contributed by atoms with Gasteiger partial charge >= 0.3 is 0 Å². The second kappa shape index (κ2) is 12.6. The van der Waals surface area contributed by atoms with Gasteiger partial charge in [-0.2, -0.15) is 5.26 Å². The maximum Gasteiger partial charge on any atom is 0.161 e. The summed E-state index contributed by atoms with van der Waals surface area (Å²) in [5.41, 5.74) is 4.98. The lowest BCUT2D eigenvalue weighted by atomic mass is 10.0. The van der Waals surface area contributed by atoms with Gasteiger partial charge in [-0.05, 0) is 41.5 Å². The lowest BCUT2D eigenvalue weighted by Gasteiger charge is -2.48. The Labute approximate surface area is 256 Å². The van der Waals surface area contributed by atoms with Crippen molar-refractivity contribution in [3.05, 3.63) is 65.9 Å². The molecule has 3 saturated heterocycles. The highest BCUT2D eigenvalue weighted by Crippen LogP contribution is 2.40. The molecule has 0 amide bonds. The van der Waals surface area contributed by atoms with E-state index >= 15 is 0 Å². The van der Waals surface area contributed by atoms with E-state index < -0.39 is 6.23 Å². The first-order chi connectivity index (χ1) is 21.6. The van der Waals surface area contributed by atoms with E-state index in [0.29, 0.717) is 53.2 Å². The lowest BCUT2D eigenvalue weighted by molar-refractivity contribution is -0.0992. The molecule has 228 valence electrons. The largest absolute Gasteiger partial charge is 0.496 e. The molecule has 0 aliphatic carbocycles. The molecular weight excluding hydrogens is 560 g/mol. The first kappa shape index (κ1) is 28.8. The highest BCUT2D eigenvalue weighted by molar-refractivity contribution is 5.93. The van der Waals surface area contributed by atoms with Crippen molar-refractivity contribution < 1.29 is 28.5 Å². The molecule has 0 bridgehead atoms. The van der Waals surface area contributed by atoms with Gasteiger partial charge in [0.15, 0.2) is 5.58 Å². The van der Waals surface area contributed by atoms with Crippen molar-refractivity contribution in [3.8, 4) is 40.0 Å². The lowest BCUT2D eigenvalue weighted by Crippen LogP contribution is -2.62. The van der Waals surface area contributed by atoms with Gasteiger partial charge in [0, 0.05) is 62.9 Å². The Hall–Kier alpha value is -3.98. The van der Waals surface area contributed by atoms with Crippen molar-refractivity contribution >= 4 is 11.1 Å². The summed E-state index contributed by atoms with van der Waals surface area (Å²) >= 11 is 0. The van der Waals surface area contributed by atoms with Crippen molar-refractivity contribution in [1.82, 2.24) is 14.8 Å². The van der Waals surface area contributed by atoms with Gasteiger partial charge in [0.1, 0.15) is 41.2 Å². The Bertz CT molecular complexity index is 1660. The fraction of sp³-hybridized carbons (Fsp3) is 0.412. The van der Waals surface area contributed by atoms with E-state index in [9.17, 15) is 10.4 Å². The molecule has 2 aromatic heterocycles. The summed E-state index contributed by atoms with van der Waals surface area (Å²) in [5, 5.41) is 21.0. The van der Waals surface area contributed by atoms with Crippen LogP contribution in [0.3, 0.4) is 0 Å². The monoisotopic (exact) mass is 596 g/mol. The van der Waals surface area contributed by atoms with Crippen LogP contribution in [-0.2, 0) is 9.47 Å². The molecule has 1 unspecified atom stereocenters.